The fourth-order valence-corrected chi connectivity index (χ4v) is 3.09. The maximum absolute atomic E-state index is 12.3. The number of carbonyl (C=O) groups excluding carboxylic acids is 1. The largest absolute Gasteiger partial charge is 0.496 e. The number of fused-ring (bicyclic) bond motifs is 1. The van der Waals surface area contributed by atoms with Crippen LogP contribution in [0.4, 0.5) is 5.82 Å². The van der Waals surface area contributed by atoms with Gasteiger partial charge in [-0.15, -0.1) is 0 Å². The summed E-state index contributed by atoms with van der Waals surface area (Å²) in [6.45, 7) is 1.35. The van der Waals surface area contributed by atoms with Crippen molar-refractivity contribution in [3.8, 4) is 17.0 Å². The smallest absolute Gasteiger partial charge is 0.251 e. The highest BCUT2D eigenvalue weighted by molar-refractivity contribution is 5.96. The molecule has 4 rings (SSSR count). The van der Waals surface area contributed by atoms with Gasteiger partial charge in [0, 0.05) is 36.1 Å². The van der Waals surface area contributed by atoms with Crippen LogP contribution in [0.2, 0.25) is 0 Å². The van der Waals surface area contributed by atoms with Gasteiger partial charge < -0.3 is 21.1 Å². The number of benzene rings is 1. The number of imidazole rings is 1. The van der Waals surface area contributed by atoms with Crippen LogP contribution >= 0.6 is 0 Å². The van der Waals surface area contributed by atoms with Crippen LogP contribution in [0.3, 0.4) is 0 Å². The maximum atomic E-state index is 12.3. The molecule has 0 unspecified atom stereocenters. The standard InChI is InChI=1S/C20H24N6O2/c1-28-17-11-13(20(27)25-14-4-5-14)3-6-15(17)16-12-24-19-18(22-8-2-7-21)23-9-10-26(16)19/h3,6,9-12,14H,2,4-5,7-8,21H2,1H3,(H,22,23)(H,25,27). The van der Waals surface area contributed by atoms with E-state index in [2.05, 4.69) is 20.6 Å². The van der Waals surface area contributed by atoms with Crippen LogP contribution in [0.25, 0.3) is 16.9 Å². The van der Waals surface area contributed by atoms with Crippen molar-refractivity contribution in [3.63, 3.8) is 0 Å². The minimum Gasteiger partial charge on any atom is -0.496 e. The number of rotatable bonds is 8. The van der Waals surface area contributed by atoms with Crippen molar-refractivity contribution < 1.29 is 9.53 Å². The molecule has 0 radical (unpaired) electrons. The van der Waals surface area contributed by atoms with Gasteiger partial charge in [0.15, 0.2) is 11.5 Å². The summed E-state index contributed by atoms with van der Waals surface area (Å²) in [5.74, 6) is 1.27. The first-order valence-corrected chi connectivity index (χ1v) is 9.46. The number of hydrogen-bond donors (Lipinski definition) is 3. The zero-order valence-electron chi connectivity index (χ0n) is 15.8. The van der Waals surface area contributed by atoms with Crippen LogP contribution in [-0.4, -0.2) is 46.5 Å². The molecule has 0 aliphatic heterocycles. The van der Waals surface area contributed by atoms with Gasteiger partial charge in [-0.25, -0.2) is 9.97 Å². The summed E-state index contributed by atoms with van der Waals surface area (Å²) in [6.07, 6.45) is 8.34. The van der Waals surface area contributed by atoms with Gasteiger partial charge in [0.2, 0.25) is 0 Å². The average Bonchev–Trinajstić information content (AvgIpc) is 3.43. The SMILES string of the molecule is COc1cc(C(=O)NC2CC2)ccc1-c1cnc2c(NCCCN)nccn12. The van der Waals surface area contributed by atoms with Crippen molar-refractivity contribution in [1.29, 1.82) is 0 Å². The summed E-state index contributed by atoms with van der Waals surface area (Å²) in [5.41, 5.74) is 8.60. The summed E-state index contributed by atoms with van der Waals surface area (Å²) in [6, 6.07) is 5.80. The first-order valence-electron chi connectivity index (χ1n) is 9.46. The predicted octanol–water partition coefficient (Wildman–Crippen LogP) is 2.06. The van der Waals surface area contributed by atoms with Crippen LogP contribution in [0, 0.1) is 0 Å². The lowest BCUT2D eigenvalue weighted by Crippen LogP contribution is -2.25. The lowest BCUT2D eigenvalue weighted by Gasteiger charge is -2.11. The Morgan fingerprint density at radius 2 is 2.21 bits per heavy atom. The van der Waals surface area contributed by atoms with Gasteiger partial charge in [-0.3, -0.25) is 9.20 Å². The van der Waals surface area contributed by atoms with Crippen molar-refractivity contribution in [2.75, 3.05) is 25.5 Å². The molecule has 1 fully saturated rings. The Morgan fingerprint density at radius 3 is 2.96 bits per heavy atom. The van der Waals surface area contributed by atoms with Gasteiger partial charge in [-0.1, -0.05) is 0 Å². The molecule has 0 bridgehead atoms. The summed E-state index contributed by atoms with van der Waals surface area (Å²) in [4.78, 5) is 21.2. The third-order valence-corrected chi connectivity index (χ3v) is 4.75. The molecule has 1 aliphatic rings. The minimum atomic E-state index is -0.0684. The van der Waals surface area contributed by atoms with Crippen LogP contribution in [-0.2, 0) is 0 Å². The van der Waals surface area contributed by atoms with E-state index in [9.17, 15) is 4.79 Å². The average molecular weight is 380 g/mol. The van der Waals surface area contributed by atoms with E-state index in [-0.39, 0.29) is 5.91 Å². The fourth-order valence-electron chi connectivity index (χ4n) is 3.09. The van der Waals surface area contributed by atoms with Gasteiger partial charge in [0.1, 0.15) is 5.75 Å². The number of amides is 1. The molecular formula is C20H24N6O2. The van der Waals surface area contributed by atoms with E-state index >= 15 is 0 Å². The van der Waals surface area contributed by atoms with Crippen molar-refractivity contribution in [2.24, 2.45) is 5.73 Å². The Kier molecular flexibility index (Phi) is 5.12. The van der Waals surface area contributed by atoms with Crippen molar-refractivity contribution >= 4 is 17.4 Å². The molecule has 1 aromatic carbocycles. The quantitative estimate of drug-likeness (QED) is 0.517. The van der Waals surface area contributed by atoms with E-state index in [1.165, 1.54) is 0 Å². The highest BCUT2D eigenvalue weighted by Gasteiger charge is 2.24. The number of aromatic nitrogens is 3. The third-order valence-electron chi connectivity index (χ3n) is 4.75. The van der Waals surface area contributed by atoms with Crippen LogP contribution < -0.4 is 21.1 Å². The first-order chi connectivity index (χ1) is 13.7. The number of anilines is 1. The number of carbonyl (C=O) groups is 1. The summed E-state index contributed by atoms with van der Waals surface area (Å²) in [7, 11) is 1.60. The zero-order chi connectivity index (χ0) is 19.5. The lowest BCUT2D eigenvalue weighted by atomic mass is 10.1. The number of hydrogen-bond acceptors (Lipinski definition) is 6. The molecule has 0 spiro atoms. The molecular weight excluding hydrogens is 356 g/mol. The molecule has 0 saturated heterocycles. The maximum Gasteiger partial charge on any atom is 0.251 e. The topological polar surface area (TPSA) is 107 Å². The Balaban J connectivity index is 1.67. The number of methoxy groups -OCH3 is 1. The summed E-state index contributed by atoms with van der Waals surface area (Å²) in [5, 5.41) is 6.27. The van der Waals surface area contributed by atoms with Crippen molar-refractivity contribution in [1.82, 2.24) is 19.7 Å². The number of nitrogens with two attached hydrogens (primary N) is 1. The van der Waals surface area contributed by atoms with E-state index in [1.54, 1.807) is 25.6 Å². The van der Waals surface area contributed by atoms with Gasteiger partial charge in [0.05, 0.1) is 19.0 Å². The molecule has 28 heavy (non-hydrogen) atoms. The normalized spacial score (nSPS) is 13.5. The third kappa shape index (κ3) is 3.63. The van der Waals surface area contributed by atoms with E-state index in [1.807, 2.05) is 22.7 Å². The lowest BCUT2D eigenvalue weighted by molar-refractivity contribution is 0.0950. The van der Waals surface area contributed by atoms with Gasteiger partial charge in [0.25, 0.3) is 5.91 Å². The van der Waals surface area contributed by atoms with Crippen molar-refractivity contribution in [3.05, 3.63) is 42.4 Å². The van der Waals surface area contributed by atoms with E-state index in [0.717, 1.165) is 42.7 Å². The Bertz CT molecular complexity index is 996. The van der Waals surface area contributed by atoms with Gasteiger partial charge in [-0.2, -0.15) is 0 Å². The number of ether oxygens (including phenoxy) is 1. The monoisotopic (exact) mass is 380 g/mol. The van der Waals surface area contributed by atoms with E-state index < -0.39 is 0 Å². The number of nitrogens with zero attached hydrogens (tertiary/aromatic N) is 3. The molecule has 0 atom stereocenters. The molecule has 2 aromatic heterocycles. The molecule has 1 amide bonds. The summed E-state index contributed by atoms with van der Waals surface area (Å²) < 4.78 is 7.53. The molecule has 146 valence electrons. The molecule has 3 aromatic rings. The van der Waals surface area contributed by atoms with E-state index in [4.69, 9.17) is 10.5 Å². The second-order valence-corrected chi connectivity index (χ2v) is 6.84. The molecule has 1 saturated carbocycles. The predicted molar refractivity (Wildman–Crippen MR) is 108 cm³/mol. The van der Waals surface area contributed by atoms with Gasteiger partial charge in [-0.05, 0) is 44.0 Å². The second kappa shape index (κ2) is 7.85. The first kappa shape index (κ1) is 18.2. The van der Waals surface area contributed by atoms with Gasteiger partial charge >= 0.3 is 0 Å². The molecule has 1 aliphatic carbocycles. The molecule has 8 nitrogen and oxygen atoms in total. The van der Waals surface area contributed by atoms with Crippen molar-refractivity contribution in [2.45, 2.75) is 25.3 Å². The van der Waals surface area contributed by atoms with Crippen LogP contribution in [0.5, 0.6) is 5.75 Å². The zero-order valence-corrected chi connectivity index (χ0v) is 15.8. The Hall–Kier alpha value is -3.13. The Labute approximate surface area is 163 Å². The van der Waals surface area contributed by atoms with Crippen LogP contribution in [0.15, 0.2) is 36.8 Å². The fraction of sp³-hybridized carbons (Fsp3) is 0.350. The minimum absolute atomic E-state index is 0.0684. The van der Waals surface area contributed by atoms with E-state index in [0.29, 0.717) is 29.7 Å². The molecule has 2 heterocycles. The molecule has 8 heteroatoms. The second-order valence-electron chi connectivity index (χ2n) is 6.84. The number of nitrogens with one attached hydrogen (secondary N) is 2. The highest BCUT2D eigenvalue weighted by Crippen LogP contribution is 2.32. The Morgan fingerprint density at radius 1 is 1.36 bits per heavy atom. The van der Waals surface area contributed by atoms with Crippen LogP contribution in [0.1, 0.15) is 29.6 Å². The highest BCUT2D eigenvalue weighted by atomic mass is 16.5. The molecule has 4 N–H and O–H groups in total. The summed E-state index contributed by atoms with van der Waals surface area (Å²) >= 11 is 0.